The summed E-state index contributed by atoms with van der Waals surface area (Å²) in [7, 11) is 0. The van der Waals surface area contributed by atoms with Crippen molar-refractivity contribution < 1.29 is 13.6 Å². The molecule has 0 aliphatic rings. The Hall–Kier alpha value is -1.49. The summed E-state index contributed by atoms with van der Waals surface area (Å²) >= 11 is 0. The first kappa shape index (κ1) is 13.6. The van der Waals surface area contributed by atoms with Crippen molar-refractivity contribution in [2.24, 2.45) is 5.73 Å². The van der Waals surface area contributed by atoms with Crippen molar-refractivity contribution in [3.8, 4) is 0 Å². The van der Waals surface area contributed by atoms with E-state index in [-0.39, 0.29) is 11.5 Å². The molecule has 1 aromatic carbocycles. The number of amides is 1. The van der Waals surface area contributed by atoms with Crippen LogP contribution in [0.4, 0.5) is 8.78 Å². The van der Waals surface area contributed by atoms with Crippen LogP contribution in [0.25, 0.3) is 0 Å². The Morgan fingerprint density at radius 1 is 1.41 bits per heavy atom. The molecule has 0 bridgehead atoms. The first-order valence-corrected chi connectivity index (χ1v) is 5.45. The number of carbonyl (C=O) groups excluding carboxylic acids is 1. The molecule has 3 nitrogen and oxygen atoms in total. The van der Waals surface area contributed by atoms with E-state index < -0.39 is 6.43 Å². The highest BCUT2D eigenvalue weighted by Gasteiger charge is 2.06. The SMILES string of the molecule is NC(=O)CCCNCc1cccc(C(F)F)c1. The fourth-order valence-corrected chi connectivity index (χ4v) is 1.46. The maximum absolute atomic E-state index is 12.4. The van der Waals surface area contributed by atoms with Gasteiger partial charge in [-0.2, -0.15) is 0 Å². The van der Waals surface area contributed by atoms with E-state index in [1.54, 1.807) is 12.1 Å². The lowest BCUT2D eigenvalue weighted by atomic mass is 10.1. The first-order valence-electron chi connectivity index (χ1n) is 5.45. The zero-order chi connectivity index (χ0) is 12.7. The molecular weight excluding hydrogens is 226 g/mol. The van der Waals surface area contributed by atoms with Crippen molar-refractivity contribution in [2.75, 3.05) is 6.54 Å². The van der Waals surface area contributed by atoms with Crippen LogP contribution in [0.3, 0.4) is 0 Å². The van der Waals surface area contributed by atoms with E-state index in [2.05, 4.69) is 5.32 Å². The number of nitrogens with two attached hydrogens (primary N) is 1. The van der Waals surface area contributed by atoms with Crippen molar-refractivity contribution in [3.63, 3.8) is 0 Å². The Morgan fingerprint density at radius 2 is 2.18 bits per heavy atom. The van der Waals surface area contributed by atoms with Crippen molar-refractivity contribution in [2.45, 2.75) is 25.8 Å². The fraction of sp³-hybridized carbons (Fsp3) is 0.417. The molecule has 0 atom stereocenters. The van der Waals surface area contributed by atoms with E-state index in [0.29, 0.717) is 25.9 Å². The van der Waals surface area contributed by atoms with Gasteiger partial charge in [0, 0.05) is 18.5 Å². The lowest BCUT2D eigenvalue weighted by molar-refractivity contribution is -0.118. The van der Waals surface area contributed by atoms with Crippen molar-refractivity contribution in [3.05, 3.63) is 35.4 Å². The molecule has 5 heteroatoms. The molecule has 94 valence electrons. The summed E-state index contributed by atoms with van der Waals surface area (Å²) in [6, 6.07) is 6.28. The summed E-state index contributed by atoms with van der Waals surface area (Å²) in [4.78, 5) is 10.5. The molecule has 1 rings (SSSR count). The van der Waals surface area contributed by atoms with Crippen LogP contribution in [0.15, 0.2) is 24.3 Å². The third kappa shape index (κ3) is 5.40. The van der Waals surface area contributed by atoms with Crippen LogP contribution < -0.4 is 11.1 Å². The Labute approximate surface area is 99.0 Å². The number of alkyl halides is 2. The molecule has 0 aromatic heterocycles. The van der Waals surface area contributed by atoms with Gasteiger partial charge in [0.1, 0.15) is 0 Å². The molecule has 0 saturated carbocycles. The molecular formula is C12H16F2N2O. The summed E-state index contributed by atoms with van der Waals surface area (Å²) in [5.41, 5.74) is 5.83. The highest BCUT2D eigenvalue weighted by molar-refractivity contribution is 5.73. The third-order valence-electron chi connectivity index (χ3n) is 2.31. The molecule has 0 spiro atoms. The summed E-state index contributed by atoms with van der Waals surface area (Å²) in [6.07, 6.45) is -1.45. The van der Waals surface area contributed by atoms with E-state index in [1.807, 2.05) is 0 Å². The highest BCUT2D eigenvalue weighted by atomic mass is 19.3. The standard InChI is InChI=1S/C12H16F2N2O/c13-12(14)10-4-1-3-9(7-10)8-16-6-2-5-11(15)17/h1,3-4,7,12,16H,2,5-6,8H2,(H2,15,17). The predicted molar refractivity (Wildman–Crippen MR) is 61.5 cm³/mol. The smallest absolute Gasteiger partial charge is 0.263 e. The van der Waals surface area contributed by atoms with E-state index in [1.165, 1.54) is 12.1 Å². The molecule has 0 heterocycles. The van der Waals surface area contributed by atoms with Gasteiger partial charge in [-0.15, -0.1) is 0 Å². The number of primary amides is 1. The van der Waals surface area contributed by atoms with Gasteiger partial charge in [0.2, 0.25) is 5.91 Å². The molecule has 0 aliphatic carbocycles. The van der Waals surface area contributed by atoms with Gasteiger partial charge in [-0.1, -0.05) is 18.2 Å². The number of nitrogens with one attached hydrogen (secondary N) is 1. The van der Waals surface area contributed by atoms with Gasteiger partial charge < -0.3 is 11.1 Å². The van der Waals surface area contributed by atoms with Crippen molar-refractivity contribution >= 4 is 5.91 Å². The number of carbonyl (C=O) groups is 1. The largest absolute Gasteiger partial charge is 0.370 e. The second-order valence-corrected chi connectivity index (χ2v) is 3.79. The van der Waals surface area contributed by atoms with Gasteiger partial charge in [0.05, 0.1) is 0 Å². The Bertz CT molecular complexity index is 369. The predicted octanol–water partition coefficient (Wildman–Crippen LogP) is 1.98. The number of rotatable bonds is 7. The topological polar surface area (TPSA) is 55.1 Å². The maximum atomic E-state index is 12.4. The van der Waals surface area contributed by atoms with Crippen LogP contribution in [0.5, 0.6) is 0 Å². The van der Waals surface area contributed by atoms with Gasteiger partial charge in [0.25, 0.3) is 6.43 Å². The van der Waals surface area contributed by atoms with Crippen LogP contribution in [0.2, 0.25) is 0 Å². The lowest BCUT2D eigenvalue weighted by Gasteiger charge is -2.06. The summed E-state index contributed by atoms with van der Waals surface area (Å²) in [6.45, 7) is 1.15. The van der Waals surface area contributed by atoms with E-state index in [4.69, 9.17) is 5.73 Å². The fourth-order valence-electron chi connectivity index (χ4n) is 1.46. The average molecular weight is 242 g/mol. The second kappa shape index (κ2) is 6.96. The van der Waals surface area contributed by atoms with Crippen LogP contribution in [-0.4, -0.2) is 12.5 Å². The van der Waals surface area contributed by atoms with E-state index >= 15 is 0 Å². The molecule has 17 heavy (non-hydrogen) atoms. The van der Waals surface area contributed by atoms with Gasteiger partial charge in [-0.3, -0.25) is 4.79 Å². The number of hydrogen-bond acceptors (Lipinski definition) is 2. The van der Waals surface area contributed by atoms with Gasteiger partial charge >= 0.3 is 0 Å². The van der Waals surface area contributed by atoms with Gasteiger partial charge in [0.15, 0.2) is 0 Å². The molecule has 0 fully saturated rings. The molecule has 0 saturated heterocycles. The minimum atomic E-state index is -2.44. The molecule has 0 radical (unpaired) electrons. The number of benzene rings is 1. The second-order valence-electron chi connectivity index (χ2n) is 3.79. The Balaban J connectivity index is 2.31. The van der Waals surface area contributed by atoms with Crippen molar-refractivity contribution in [1.82, 2.24) is 5.32 Å². The first-order chi connectivity index (χ1) is 8.09. The van der Waals surface area contributed by atoms with Crippen LogP contribution in [-0.2, 0) is 11.3 Å². The Kier molecular flexibility index (Phi) is 5.56. The zero-order valence-electron chi connectivity index (χ0n) is 9.46. The van der Waals surface area contributed by atoms with Crippen molar-refractivity contribution in [1.29, 1.82) is 0 Å². The lowest BCUT2D eigenvalue weighted by Crippen LogP contribution is -2.18. The molecule has 1 aromatic rings. The van der Waals surface area contributed by atoms with E-state index in [0.717, 1.165) is 5.56 Å². The Morgan fingerprint density at radius 3 is 2.82 bits per heavy atom. The minimum absolute atomic E-state index is 0.0291. The van der Waals surface area contributed by atoms with Crippen LogP contribution >= 0.6 is 0 Å². The normalized spacial score (nSPS) is 10.8. The molecule has 1 amide bonds. The van der Waals surface area contributed by atoms with E-state index in [9.17, 15) is 13.6 Å². The van der Waals surface area contributed by atoms with Gasteiger partial charge in [-0.25, -0.2) is 8.78 Å². The highest BCUT2D eigenvalue weighted by Crippen LogP contribution is 2.19. The van der Waals surface area contributed by atoms with Gasteiger partial charge in [-0.05, 0) is 24.6 Å². The number of hydrogen-bond donors (Lipinski definition) is 2. The molecule has 0 unspecified atom stereocenters. The molecule has 0 aliphatic heterocycles. The minimum Gasteiger partial charge on any atom is -0.370 e. The quantitative estimate of drug-likeness (QED) is 0.718. The van der Waals surface area contributed by atoms with Crippen LogP contribution in [0, 0.1) is 0 Å². The summed E-state index contributed by atoms with van der Waals surface area (Å²) < 4.78 is 24.8. The third-order valence-corrected chi connectivity index (χ3v) is 2.31. The summed E-state index contributed by atoms with van der Waals surface area (Å²) in [5.74, 6) is -0.327. The average Bonchev–Trinajstić information content (AvgIpc) is 2.28. The zero-order valence-corrected chi connectivity index (χ0v) is 9.46. The van der Waals surface area contributed by atoms with Crippen LogP contribution in [0.1, 0.15) is 30.4 Å². The number of halogens is 2. The monoisotopic (exact) mass is 242 g/mol. The maximum Gasteiger partial charge on any atom is 0.263 e. The molecule has 3 N–H and O–H groups in total. The summed E-state index contributed by atoms with van der Waals surface area (Å²) in [5, 5.41) is 3.07.